The number of ether oxygens (including phenoxy) is 1. The Kier molecular flexibility index (Phi) is 5.02. The van der Waals surface area contributed by atoms with E-state index in [0.717, 1.165) is 25.7 Å². The number of amides is 1. The molecule has 18 heavy (non-hydrogen) atoms. The third kappa shape index (κ3) is 4.48. The first-order valence-corrected chi connectivity index (χ1v) is 6.97. The monoisotopic (exact) mass is 256 g/mol. The Hall–Kier alpha value is -0.770. The molecule has 2 unspecified atom stereocenters. The van der Waals surface area contributed by atoms with Crippen molar-refractivity contribution in [2.45, 2.75) is 84.0 Å². The van der Waals surface area contributed by atoms with Gasteiger partial charge in [-0.05, 0) is 60.3 Å². The van der Waals surface area contributed by atoms with Gasteiger partial charge in [0.2, 0.25) is 0 Å². The standard InChI is InChI=1S/C14H28N2O2/c1-10(2)16(13(17)18-14(3,4)5)12-8-6-7-11(15)9-12/h10-12H,6-9,15H2,1-5H3. The van der Waals surface area contributed by atoms with Crippen LogP contribution in [0.4, 0.5) is 4.79 Å². The molecule has 4 nitrogen and oxygen atoms in total. The molecule has 2 atom stereocenters. The highest BCUT2D eigenvalue weighted by Gasteiger charge is 2.32. The molecule has 0 spiro atoms. The molecule has 1 fully saturated rings. The van der Waals surface area contributed by atoms with Crippen LogP contribution in [0.3, 0.4) is 0 Å². The van der Waals surface area contributed by atoms with E-state index in [4.69, 9.17) is 10.5 Å². The van der Waals surface area contributed by atoms with E-state index in [1.54, 1.807) is 0 Å². The molecule has 1 amide bonds. The summed E-state index contributed by atoms with van der Waals surface area (Å²) in [5, 5.41) is 0. The van der Waals surface area contributed by atoms with E-state index >= 15 is 0 Å². The van der Waals surface area contributed by atoms with E-state index in [0.29, 0.717) is 0 Å². The van der Waals surface area contributed by atoms with Crippen LogP contribution < -0.4 is 5.73 Å². The number of hydrogen-bond acceptors (Lipinski definition) is 3. The third-order valence-electron chi connectivity index (χ3n) is 3.24. The van der Waals surface area contributed by atoms with E-state index in [-0.39, 0.29) is 24.2 Å². The van der Waals surface area contributed by atoms with Gasteiger partial charge in [0, 0.05) is 18.1 Å². The van der Waals surface area contributed by atoms with Crippen LogP contribution >= 0.6 is 0 Å². The molecule has 0 aromatic heterocycles. The van der Waals surface area contributed by atoms with Gasteiger partial charge in [-0.2, -0.15) is 0 Å². The molecule has 0 saturated heterocycles. The van der Waals surface area contributed by atoms with Crippen molar-refractivity contribution >= 4 is 6.09 Å². The molecule has 0 radical (unpaired) electrons. The van der Waals surface area contributed by atoms with Gasteiger partial charge >= 0.3 is 6.09 Å². The zero-order valence-electron chi connectivity index (χ0n) is 12.4. The highest BCUT2D eigenvalue weighted by Crippen LogP contribution is 2.25. The molecule has 0 bridgehead atoms. The average molecular weight is 256 g/mol. The van der Waals surface area contributed by atoms with E-state index in [1.165, 1.54) is 0 Å². The van der Waals surface area contributed by atoms with Gasteiger partial charge in [0.15, 0.2) is 0 Å². The lowest BCUT2D eigenvalue weighted by Crippen LogP contribution is -2.50. The van der Waals surface area contributed by atoms with Crippen LogP contribution in [0, 0.1) is 0 Å². The molecule has 0 aromatic carbocycles. The molecular weight excluding hydrogens is 228 g/mol. The second-order valence-corrected chi connectivity index (χ2v) is 6.56. The third-order valence-corrected chi connectivity index (χ3v) is 3.24. The zero-order valence-corrected chi connectivity index (χ0v) is 12.4. The summed E-state index contributed by atoms with van der Waals surface area (Å²) in [6, 6.07) is 0.589. The molecule has 0 aliphatic heterocycles. The summed E-state index contributed by atoms with van der Waals surface area (Å²) < 4.78 is 5.50. The topological polar surface area (TPSA) is 55.6 Å². The zero-order chi connectivity index (χ0) is 13.9. The first kappa shape index (κ1) is 15.3. The van der Waals surface area contributed by atoms with Crippen LogP contribution in [-0.2, 0) is 4.74 Å². The lowest BCUT2D eigenvalue weighted by atomic mass is 9.90. The van der Waals surface area contributed by atoms with Crippen molar-refractivity contribution in [1.29, 1.82) is 0 Å². The molecule has 0 heterocycles. The van der Waals surface area contributed by atoms with Crippen LogP contribution in [0.25, 0.3) is 0 Å². The summed E-state index contributed by atoms with van der Waals surface area (Å²) in [5.41, 5.74) is 5.57. The summed E-state index contributed by atoms with van der Waals surface area (Å²) in [7, 11) is 0. The van der Waals surface area contributed by atoms with Crippen LogP contribution in [-0.4, -0.2) is 34.7 Å². The minimum atomic E-state index is -0.443. The predicted octanol–water partition coefficient (Wildman–Crippen LogP) is 2.90. The molecule has 1 aliphatic carbocycles. The predicted molar refractivity (Wildman–Crippen MR) is 73.4 cm³/mol. The molecule has 1 aliphatic rings. The van der Waals surface area contributed by atoms with Crippen LogP contribution in [0.5, 0.6) is 0 Å². The lowest BCUT2D eigenvalue weighted by Gasteiger charge is -2.39. The summed E-state index contributed by atoms with van der Waals surface area (Å²) in [4.78, 5) is 14.1. The summed E-state index contributed by atoms with van der Waals surface area (Å²) in [6.07, 6.45) is 3.87. The number of hydrogen-bond donors (Lipinski definition) is 1. The average Bonchev–Trinajstić information content (AvgIpc) is 2.13. The van der Waals surface area contributed by atoms with Gasteiger partial charge in [0.05, 0.1) is 0 Å². The number of nitrogens with zero attached hydrogens (tertiary/aromatic N) is 1. The highest BCUT2D eigenvalue weighted by molar-refractivity contribution is 5.69. The van der Waals surface area contributed by atoms with E-state index in [2.05, 4.69) is 0 Å². The fourth-order valence-electron chi connectivity index (χ4n) is 2.55. The normalized spacial score (nSPS) is 25.1. The molecule has 106 valence electrons. The largest absolute Gasteiger partial charge is 0.444 e. The maximum atomic E-state index is 12.3. The van der Waals surface area contributed by atoms with Crippen molar-refractivity contribution in [3.05, 3.63) is 0 Å². The van der Waals surface area contributed by atoms with Gasteiger partial charge in [-0.15, -0.1) is 0 Å². The van der Waals surface area contributed by atoms with Gasteiger partial charge in [0.1, 0.15) is 5.60 Å². The fourth-order valence-corrected chi connectivity index (χ4v) is 2.55. The van der Waals surface area contributed by atoms with Gasteiger partial charge in [0.25, 0.3) is 0 Å². The summed E-state index contributed by atoms with van der Waals surface area (Å²) in [5.74, 6) is 0. The van der Waals surface area contributed by atoms with Crippen molar-refractivity contribution in [2.24, 2.45) is 5.73 Å². The Bertz CT molecular complexity index is 284. The van der Waals surface area contributed by atoms with Crippen molar-refractivity contribution in [2.75, 3.05) is 0 Å². The number of nitrogens with two attached hydrogens (primary N) is 1. The Labute approximate surface area is 111 Å². The SMILES string of the molecule is CC(C)N(C(=O)OC(C)(C)C)C1CCCC(N)C1. The van der Waals surface area contributed by atoms with E-state index in [9.17, 15) is 4.79 Å². The van der Waals surface area contributed by atoms with Crippen LogP contribution in [0.2, 0.25) is 0 Å². The molecular formula is C14H28N2O2. The Morgan fingerprint density at radius 2 is 1.94 bits per heavy atom. The van der Waals surface area contributed by atoms with E-state index in [1.807, 2.05) is 39.5 Å². The second-order valence-electron chi connectivity index (χ2n) is 6.56. The molecule has 2 N–H and O–H groups in total. The fraction of sp³-hybridized carbons (Fsp3) is 0.929. The van der Waals surface area contributed by atoms with Crippen molar-refractivity contribution < 1.29 is 9.53 Å². The van der Waals surface area contributed by atoms with E-state index < -0.39 is 5.60 Å². The van der Waals surface area contributed by atoms with Gasteiger partial charge in [-0.1, -0.05) is 0 Å². The first-order chi connectivity index (χ1) is 8.20. The van der Waals surface area contributed by atoms with Crippen molar-refractivity contribution in [1.82, 2.24) is 4.90 Å². The molecule has 4 heteroatoms. The van der Waals surface area contributed by atoms with Gasteiger partial charge in [-0.3, -0.25) is 0 Å². The quantitative estimate of drug-likeness (QED) is 0.826. The summed E-state index contributed by atoms with van der Waals surface area (Å²) in [6.45, 7) is 9.76. The number of carbonyl (C=O) groups is 1. The number of carbonyl (C=O) groups excluding carboxylic acids is 1. The van der Waals surface area contributed by atoms with Gasteiger partial charge < -0.3 is 15.4 Å². The van der Waals surface area contributed by atoms with Crippen LogP contribution in [0.15, 0.2) is 0 Å². The maximum absolute atomic E-state index is 12.3. The Morgan fingerprint density at radius 3 is 2.39 bits per heavy atom. The number of rotatable bonds is 2. The van der Waals surface area contributed by atoms with Crippen molar-refractivity contribution in [3.8, 4) is 0 Å². The lowest BCUT2D eigenvalue weighted by molar-refractivity contribution is 0.00328. The molecule has 1 rings (SSSR count). The minimum Gasteiger partial charge on any atom is -0.444 e. The van der Waals surface area contributed by atoms with Gasteiger partial charge in [-0.25, -0.2) is 4.79 Å². The Morgan fingerprint density at radius 1 is 1.33 bits per heavy atom. The highest BCUT2D eigenvalue weighted by atomic mass is 16.6. The Balaban J connectivity index is 2.72. The van der Waals surface area contributed by atoms with Crippen molar-refractivity contribution in [3.63, 3.8) is 0 Å². The first-order valence-electron chi connectivity index (χ1n) is 6.97. The smallest absolute Gasteiger partial charge is 0.410 e. The second kappa shape index (κ2) is 5.91. The molecule has 0 aromatic rings. The minimum absolute atomic E-state index is 0.148. The van der Waals surface area contributed by atoms with Crippen LogP contribution in [0.1, 0.15) is 60.3 Å². The summed E-state index contributed by atoms with van der Waals surface area (Å²) >= 11 is 0. The maximum Gasteiger partial charge on any atom is 0.410 e. The molecule has 1 saturated carbocycles.